The number of hydrogen-bond acceptors (Lipinski definition) is 1. The lowest BCUT2D eigenvalue weighted by molar-refractivity contribution is 0.102. The first-order valence-electron chi connectivity index (χ1n) is 11.7. The van der Waals surface area contributed by atoms with E-state index in [0.29, 0.717) is 11.4 Å². The standard InChI is InChI=1S/C29H23F2N3O/c30-21-13-9-19(10-14-21)25-18-34-27(28(35)32-23-6-2-1-3-7-23)26(20-11-15-22(31)16-12-20)24-8-4-5-17-33(25)29(24)34/h1-3,6-7,9-16,18H,4-5,8,17H2,(H,32,35). The average Bonchev–Trinajstić information content (AvgIpc) is 3.28. The number of para-hydroxylation sites is 1. The molecule has 6 rings (SSSR count). The first-order chi connectivity index (χ1) is 17.1. The third-order valence-electron chi connectivity index (χ3n) is 6.65. The number of halogens is 2. The van der Waals surface area contributed by atoms with E-state index < -0.39 is 0 Å². The van der Waals surface area contributed by atoms with Crippen molar-refractivity contribution in [2.24, 2.45) is 0 Å². The number of hydrogen-bond donors (Lipinski definition) is 1. The molecular weight excluding hydrogens is 444 g/mol. The van der Waals surface area contributed by atoms with Gasteiger partial charge in [0.15, 0.2) is 0 Å². The van der Waals surface area contributed by atoms with E-state index in [1.165, 1.54) is 24.3 Å². The second-order valence-electron chi connectivity index (χ2n) is 8.85. The fourth-order valence-corrected chi connectivity index (χ4v) is 5.10. The van der Waals surface area contributed by atoms with E-state index in [4.69, 9.17) is 0 Å². The number of carbonyl (C=O) groups excluding carboxylic acids is 1. The molecule has 3 heterocycles. The molecule has 6 heteroatoms. The van der Waals surface area contributed by atoms with Crippen molar-refractivity contribution in [2.75, 3.05) is 5.32 Å². The van der Waals surface area contributed by atoms with Crippen molar-refractivity contribution in [2.45, 2.75) is 25.8 Å². The number of imidazole rings is 1. The summed E-state index contributed by atoms with van der Waals surface area (Å²) in [6.45, 7) is 0.794. The quantitative estimate of drug-likeness (QED) is 0.305. The minimum atomic E-state index is -0.318. The SMILES string of the molecule is O=C(Nc1ccccc1)c1c(-c2ccc(F)cc2)c2c3n(c(-c4ccc(F)cc4)cn13)CCCC2. The maximum atomic E-state index is 13.8. The van der Waals surface area contributed by atoms with Crippen molar-refractivity contribution in [3.05, 3.63) is 108 Å². The number of benzene rings is 3. The lowest BCUT2D eigenvalue weighted by Gasteiger charge is -2.10. The Morgan fingerprint density at radius 2 is 1.46 bits per heavy atom. The Morgan fingerprint density at radius 3 is 2.14 bits per heavy atom. The summed E-state index contributed by atoms with van der Waals surface area (Å²) in [6.07, 6.45) is 4.73. The molecular formula is C29H23F2N3O. The van der Waals surface area contributed by atoms with Crippen LogP contribution in [0.2, 0.25) is 0 Å². The minimum absolute atomic E-state index is 0.236. The monoisotopic (exact) mass is 467 g/mol. The molecule has 2 aromatic heterocycles. The number of nitrogens with zero attached hydrogens (tertiary/aromatic N) is 2. The van der Waals surface area contributed by atoms with Gasteiger partial charge >= 0.3 is 0 Å². The summed E-state index contributed by atoms with van der Waals surface area (Å²) in [5, 5.41) is 3.03. The van der Waals surface area contributed by atoms with Crippen molar-refractivity contribution in [3.63, 3.8) is 0 Å². The number of nitrogens with one attached hydrogen (secondary N) is 1. The Balaban J connectivity index is 1.62. The molecule has 4 nitrogen and oxygen atoms in total. The van der Waals surface area contributed by atoms with Crippen LogP contribution in [0.25, 0.3) is 28.0 Å². The summed E-state index contributed by atoms with van der Waals surface area (Å²) in [5.74, 6) is -0.841. The molecule has 0 spiro atoms. The minimum Gasteiger partial charge on any atom is -0.325 e. The van der Waals surface area contributed by atoms with Crippen LogP contribution >= 0.6 is 0 Å². The van der Waals surface area contributed by atoms with Crippen molar-refractivity contribution < 1.29 is 13.6 Å². The molecule has 35 heavy (non-hydrogen) atoms. The van der Waals surface area contributed by atoms with Gasteiger partial charge in [-0.2, -0.15) is 0 Å². The molecule has 1 aliphatic heterocycles. The van der Waals surface area contributed by atoms with Gasteiger partial charge in [-0.3, -0.25) is 9.20 Å². The van der Waals surface area contributed by atoms with Gasteiger partial charge in [-0.25, -0.2) is 8.78 Å². The maximum absolute atomic E-state index is 13.8. The summed E-state index contributed by atoms with van der Waals surface area (Å²) in [7, 11) is 0. The third kappa shape index (κ3) is 3.71. The molecule has 1 aliphatic rings. The number of amides is 1. The average molecular weight is 468 g/mol. The van der Waals surface area contributed by atoms with Crippen molar-refractivity contribution in [1.82, 2.24) is 8.97 Å². The van der Waals surface area contributed by atoms with Crippen LogP contribution in [0.3, 0.4) is 0 Å². The van der Waals surface area contributed by atoms with Crippen LogP contribution in [0.15, 0.2) is 85.1 Å². The van der Waals surface area contributed by atoms with Gasteiger partial charge in [-0.15, -0.1) is 0 Å². The van der Waals surface area contributed by atoms with Gasteiger partial charge in [-0.1, -0.05) is 30.3 Å². The van der Waals surface area contributed by atoms with Gasteiger partial charge in [0.1, 0.15) is 23.0 Å². The Morgan fingerprint density at radius 1 is 0.800 bits per heavy atom. The first kappa shape index (κ1) is 21.4. The normalized spacial score (nSPS) is 13.1. The number of aromatic nitrogens is 2. The van der Waals surface area contributed by atoms with E-state index in [1.807, 2.05) is 40.9 Å². The molecule has 0 bridgehead atoms. The van der Waals surface area contributed by atoms with Gasteiger partial charge in [0.2, 0.25) is 0 Å². The fourth-order valence-electron chi connectivity index (χ4n) is 5.10. The Hall–Kier alpha value is -4.19. The van der Waals surface area contributed by atoms with Crippen LogP contribution < -0.4 is 5.32 Å². The molecule has 0 atom stereocenters. The largest absolute Gasteiger partial charge is 0.325 e. The van der Waals surface area contributed by atoms with E-state index >= 15 is 0 Å². The zero-order chi connectivity index (χ0) is 23.9. The van der Waals surface area contributed by atoms with Gasteiger partial charge in [0.25, 0.3) is 5.91 Å². The lowest BCUT2D eigenvalue weighted by atomic mass is 9.97. The molecule has 1 N–H and O–H groups in total. The van der Waals surface area contributed by atoms with Crippen molar-refractivity contribution >= 4 is 17.2 Å². The number of anilines is 1. The van der Waals surface area contributed by atoms with Gasteiger partial charge < -0.3 is 9.88 Å². The molecule has 0 unspecified atom stereocenters. The second-order valence-corrected chi connectivity index (χ2v) is 8.85. The molecule has 5 aromatic rings. The summed E-state index contributed by atoms with van der Waals surface area (Å²) < 4.78 is 31.6. The topological polar surface area (TPSA) is 38.4 Å². The van der Waals surface area contributed by atoms with Gasteiger partial charge in [-0.05, 0) is 78.9 Å². The molecule has 0 fully saturated rings. The summed E-state index contributed by atoms with van der Waals surface area (Å²) in [6, 6.07) is 22.1. The van der Waals surface area contributed by atoms with E-state index in [-0.39, 0.29) is 17.5 Å². The van der Waals surface area contributed by atoms with Crippen LogP contribution in [-0.4, -0.2) is 14.9 Å². The molecule has 3 aromatic carbocycles. The highest BCUT2D eigenvalue weighted by Crippen LogP contribution is 2.39. The first-order valence-corrected chi connectivity index (χ1v) is 11.7. The number of aryl methyl sites for hydroxylation is 2. The molecule has 174 valence electrons. The van der Waals surface area contributed by atoms with Gasteiger partial charge in [0, 0.05) is 29.6 Å². The Bertz CT molecular complexity index is 1530. The Labute approximate surface area is 201 Å². The van der Waals surface area contributed by atoms with E-state index in [9.17, 15) is 13.6 Å². The second kappa shape index (κ2) is 8.55. The molecule has 1 amide bonds. The van der Waals surface area contributed by atoms with Crippen LogP contribution in [0.5, 0.6) is 0 Å². The van der Waals surface area contributed by atoms with Crippen LogP contribution in [-0.2, 0) is 13.0 Å². The van der Waals surface area contributed by atoms with Crippen LogP contribution in [0.4, 0.5) is 14.5 Å². The molecule has 0 aliphatic carbocycles. The molecule has 0 radical (unpaired) electrons. The highest BCUT2D eigenvalue weighted by molar-refractivity contribution is 6.10. The maximum Gasteiger partial charge on any atom is 0.273 e. The van der Waals surface area contributed by atoms with Crippen LogP contribution in [0.1, 0.15) is 28.9 Å². The van der Waals surface area contributed by atoms with Gasteiger partial charge in [0.05, 0.1) is 5.69 Å². The highest BCUT2D eigenvalue weighted by Gasteiger charge is 2.29. The zero-order valence-corrected chi connectivity index (χ0v) is 19.0. The zero-order valence-electron chi connectivity index (χ0n) is 19.0. The highest BCUT2D eigenvalue weighted by atomic mass is 19.1. The fraction of sp³-hybridized carbons (Fsp3) is 0.138. The predicted molar refractivity (Wildman–Crippen MR) is 134 cm³/mol. The lowest BCUT2D eigenvalue weighted by Crippen LogP contribution is -2.15. The van der Waals surface area contributed by atoms with Crippen LogP contribution in [0, 0.1) is 11.6 Å². The molecule has 0 saturated carbocycles. The van der Waals surface area contributed by atoms with E-state index in [1.54, 1.807) is 24.3 Å². The number of rotatable bonds is 4. The predicted octanol–water partition coefficient (Wildman–Crippen LogP) is 6.94. The Kier molecular flexibility index (Phi) is 5.21. The third-order valence-corrected chi connectivity index (χ3v) is 6.65. The summed E-state index contributed by atoms with van der Waals surface area (Å²) in [4.78, 5) is 13.8. The van der Waals surface area contributed by atoms with E-state index in [2.05, 4.69) is 9.88 Å². The van der Waals surface area contributed by atoms with Crippen molar-refractivity contribution in [3.8, 4) is 22.4 Å². The molecule has 0 saturated heterocycles. The van der Waals surface area contributed by atoms with E-state index in [0.717, 1.165) is 59.4 Å². The smallest absolute Gasteiger partial charge is 0.273 e. The van der Waals surface area contributed by atoms with Crippen molar-refractivity contribution in [1.29, 1.82) is 0 Å². The summed E-state index contributed by atoms with van der Waals surface area (Å²) >= 11 is 0. The summed E-state index contributed by atoms with van der Waals surface area (Å²) in [5.41, 5.74) is 6.69. The number of carbonyl (C=O) groups is 1.